The smallest absolute Gasteiger partial charge is 0.228 e. The molecular formula is C18H26N2O2. The van der Waals surface area contributed by atoms with Gasteiger partial charge in [-0.05, 0) is 74.9 Å². The monoisotopic (exact) mass is 302 g/mol. The lowest BCUT2D eigenvalue weighted by atomic mass is 9.90. The number of hydrogen-bond acceptors (Lipinski definition) is 3. The van der Waals surface area contributed by atoms with Crippen LogP contribution in [0, 0.1) is 25.2 Å². The molecule has 120 valence electrons. The van der Waals surface area contributed by atoms with Crippen molar-refractivity contribution < 1.29 is 9.90 Å². The number of carbonyl (C=O) groups is 1. The van der Waals surface area contributed by atoms with Crippen molar-refractivity contribution in [3.63, 3.8) is 0 Å². The van der Waals surface area contributed by atoms with Crippen LogP contribution in [-0.2, 0) is 4.79 Å². The molecule has 1 aromatic rings. The Labute approximate surface area is 132 Å². The minimum atomic E-state index is 0.171. The number of amides is 1. The Balaban J connectivity index is 1.57. The van der Waals surface area contributed by atoms with Gasteiger partial charge >= 0.3 is 0 Å². The van der Waals surface area contributed by atoms with Crippen molar-refractivity contribution in [1.82, 2.24) is 4.90 Å². The van der Waals surface area contributed by atoms with Gasteiger partial charge in [0.2, 0.25) is 5.91 Å². The lowest BCUT2D eigenvalue weighted by Gasteiger charge is -2.32. The van der Waals surface area contributed by atoms with E-state index in [4.69, 9.17) is 5.11 Å². The predicted octanol–water partition coefficient (Wildman–Crippen LogP) is 2.34. The average molecular weight is 302 g/mol. The van der Waals surface area contributed by atoms with Gasteiger partial charge in [0, 0.05) is 18.2 Å². The lowest BCUT2D eigenvalue weighted by Crippen LogP contribution is -2.37. The summed E-state index contributed by atoms with van der Waals surface area (Å²) in [5, 5.41) is 12.1. The number of rotatable bonds is 4. The van der Waals surface area contributed by atoms with Gasteiger partial charge in [-0.15, -0.1) is 0 Å². The van der Waals surface area contributed by atoms with Gasteiger partial charge in [-0.25, -0.2) is 0 Å². The van der Waals surface area contributed by atoms with E-state index >= 15 is 0 Å². The number of likely N-dealkylation sites (tertiary alicyclic amines) is 1. The van der Waals surface area contributed by atoms with Crippen LogP contribution in [0.4, 0.5) is 5.69 Å². The number of aliphatic hydroxyl groups is 1. The number of nitrogens with zero attached hydrogens (tertiary/aromatic N) is 1. The molecular weight excluding hydrogens is 276 g/mol. The minimum absolute atomic E-state index is 0.171. The number of benzene rings is 1. The second-order valence-electron chi connectivity index (χ2n) is 7.05. The largest absolute Gasteiger partial charge is 0.395 e. The van der Waals surface area contributed by atoms with Crippen molar-refractivity contribution in [3.8, 4) is 0 Å². The topological polar surface area (TPSA) is 52.6 Å². The molecule has 1 aliphatic carbocycles. The number of piperidine rings is 1. The Hall–Kier alpha value is -1.39. The second-order valence-corrected chi connectivity index (χ2v) is 7.05. The molecule has 1 spiro atoms. The molecule has 1 aliphatic heterocycles. The molecule has 1 saturated carbocycles. The van der Waals surface area contributed by atoms with Crippen molar-refractivity contribution in [2.75, 3.05) is 31.6 Å². The standard InChI is InChI=1S/C18H26N2O2/c1-13-9-14(2)11-15(10-13)19-17(22)16-12-18(16)3-5-20(6-4-18)7-8-21/h9-11,16,21H,3-8,12H2,1-2H3,(H,19,22). The van der Waals surface area contributed by atoms with Crippen LogP contribution in [0.2, 0.25) is 0 Å². The van der Waals surface area contributed by atoms with Crippen LogP contribution >= 0.6 is 0 Å². The molecule has 3 rings (SSSR count). The Morgan fingerprint density at radius 3 is 2.50 bits per heavy atom. The van der Waals surface area contributed by atoms with E-state index in [9.17, 15) is 4.79 Å². The number of carbonyl (C=O) groups excluding carboxylic acids is 1. The first-order valence-corrected chi connectivity index (χ1v) is 8.25. The van der Waals surface area contributed by atoms with Crippen LogP contribution in [0.15, 0.2) is 18.2 Å². The Kier molecular flexibility index (Phi) is 4.24. The van der Waals surface area contributed by atoms with Crippen LogP contribution in [0.25, 0.3) is 0 Å². The normalized spacial score (nSPS) is 23.5. The van der Waals surface area contributed by atoms with Crippen molar-refractivity contribution in [2.45, 2.75) is 33.1 Å². The fourth-order valence-electron chi connectivity index (χ4n) is 3.91. The number of anilines is 1. The van der Waals surface area contributed by atoms with E-state index in [-0.39, 0.29) is 23.8 Å². The first-order chi connectivity index (χ1) is 10.5. The SMILES string of the molecule is Cc1cc(C)cc(NC(=O)C2CC23CCN(CCO)CC3)c1. The molecule has 0 radical (unpaired) electrons. The third-order valence-corrected chi connectivity index (χ3v) is 5.26. The number of aryl methyl sites for hydroxylation is 2. The van der Waals surface area contributed by atoms with Crippen LogP contribution in [0.1, 0.15) is 30.4 Å². The third kappa shape index (κ3) is 3.18. The number of nitrogens with one attached hydrogen (secondary N) is 1. The van der Waals surface area contributed by atoms with Crippen LogP contribution in [-0.4, -0.2) is 42.2 Å². The summed E-state index contributed by atoms with van der Waals surface area (Å²) in [4.78, 5) is 14.8. The van der Waals surface area contributed by atoms with Gasteiger partial charge in [-0.2, -0.15) is 0 Å². The maximum absolute atomic E-state index is 12.5. The first-order valence-electron chi connectivity index (χ1n) is 8.25. The maximum atomic E-state index is 12.5. The molecule has 1 aromatic carbocycles. The van der Waals surface area contributed by atoms with E-state index in [1.54, 1.807) is 0 Å². The van der Waals surface area contributed by atoms with Crippen LogP contribution in [0.3, 0.4) is 0 Å². The fraction of sp³-hybridized carbons (Fsp3) is 0.611. The molecule has 1 atom stereocenters. The van der Waals surface area contributed by atoms with E-state index in [2.05, 4.69) is 30.1 Å². The van der Waals surface area contributed by atoms with Gasteiger partial charge in [-0.3, -0.25) is 4.79 Å². The fourth-order valence-corrected chi connectivity index (χ4v) is 3.91. The summed E-state index contributed by atoms with van der Waals surface area (Å²) in [6, 6.07) is 6.18. The Morgan fingerprint density at radius 2 is 1.91 bits per heavy atom. The molecule has 1 heterocycles. The molecule has 1 saturated heterocycles. The zero-order valence-corrected chi connectivity index (χ0v) is 13.6. The van der Waals surface area contributed by atoms with Gasteiger partial charge < -0.3 is 15.3 Å². The molecule has 22 heavy (non-hydrogen) atoms. The summed E-state index contributed by atoms with van der Waals surface area (Å²) >= 11 is 0. The van der Waals surface area contributed by atoms with Crippen molar-refractivity contribution in [1.29, 1.82) is 0 Å². The highest BCUT2D eigenvalue weighted by Gasteiger charge is 2.58. The third-order valence-electron chi connectivity index (χ3n) is 5.26. The predicted molar refractivity (Wildman–Crippen MR) is 87.8 cm³/mol. The molecule has 2 N–H and O–H groups in total. The molecule has 1 unspecified atom stereocenters. The molecule has 0 bridgehead atoms. The van der Waals surface area contributed by atoms with Crippen molar-refractivity contribution >= 4 is 11.6 Å². The van der Waals surface area contributed by atoms with Gasteiger partial charge in [0.05, 0.1) is 6.61 Å². The molecule has 4 heteroatoms. The maximum Gasteiger partial charge on any atom is 0.228 e. The molecule has 2 aliphatic rings. The van der Waals surface area contributed by atoms with Crippen molar-refractivity contribution in [2.24, 2.45) is 11.3 Å². The van der Waals surface area contributed by atoms with E-state index in [0.29, 0.717) is 0 Å². The van der Waals surface area contributed by atoms with Crippen LogP contribution in [0.5, 0.6) is 0 Å². The summed E-state index contributed by atoms with van der Waals surface area (Å²) in [7, 11) is 0. The van der Waals surface area contributed by atoms with E-state index in [0.717, 1.165) is 44.6 Å². The first kappa shape index (κ1) is 15.5. The van der Waals surface area contributed by atoms with E-state index in [1.165, 1.54) is 11.1 Å². The number of β-amino-alcohol motifs (C(OH)–C–C–N with tert-alkyl or cyclic N) is 1. The molecule has 4 nitrogen and oxygen atoms in total. The molecule has 1 amide bonds. The van der Waals surface area contributed by atoms with Crippen molar-refractivity contribution in [3.05, 3.63) is 29.3 Å². The van der Waals surface area contributed by atoms with Gasteiger partial charge in [0.1, 0.15) is 0 Å². The summed E-state index contributed by atoms with van der Waals surface area (Å²) in [5.74, 6) is 0.352. The van der Waals surface area contributed by atoms with Gasteiger partial charge in [0.25, 0.3) is 0 Å². The second kappa shape index (κ2) is 6.01. The Bertz CT molecular complexity index is 542. The number of hydrogen-bond donors (Lipinski definition) is 2. The van der Waals surface area contributed by atoms with E-state index in [1.807, 2.05) is 12.1 Å². The quantitative estimate of drug-likeness (QED) is 0.897. The summed E-state index contributed by atoms with van der Waals surface area (Å²) < 4.78 is 0. The number of aliphatic hydroxyl groups excluding tert-OH is 1. The van der Waals surface area contributed by atoms with E-state index < -0.39 is 0 Å². The zero-order valence-electron chi connectivity index (χ0n) is 13.6. The summed E-state index contributed by atoms with van der Waals surface area (Å²) in [5.41, 5.74) is 3.51. The molecule has 0 aromatic heterocycles. The average Bonchev–Trinajstić information content (AvgIpc) is 3.15. The highest BCUT2D eigenvalue weighted by Crippen LogP contribution is 2.59. The van der Waals surface area contributed by atoms with Gasteiger partial charge in [0.15, 0.2) is 0 Å². The lowest BCUT2D eigenvalue weighted by molar-refractivity contribution is -0.118. The molecule has 2 fully saturated rings. The highest BCUT2D eigenvalue weighted by molar-refractivity contribution is 5.95. The minimum Gasteiger partial charge on any atom is -0.395 e. The summed E-state index contributed by atoms with van der Waals surface area (Å²) in [6.07, 6.45) is 3.19. The zero-order chi connectivity index (χ0) is 15.7. The van der Waals surface area contributed by atoms with Gasteiger partial charge in [-0.1, -0.05) is 6.07 Å². The highest BCUT2D eigenvalue weighted by atomic mass is 16.3. The Morgan fingerprint density at radius 1 is 1.27 bits per heavy atom. The summed E-state index contributed by atoms with van der Waals surface area (Å²) in [6.45, 7) is 7.11. The van der Waals surface area contributed by atoms with Crippen LogP contribution < -0.4 is 5.32 Å².